The van der Waals surface area contributed by atoms with Gasteiger partial charge in [-0.2, -0.15) is 0 Å². The van der Waals surface area contributed by atoms with Crippen LogP contribution in [0.2, 0.25) is 0 Å². The molecule has 2 rings (SSSR count). The Labute approximate surface area is 135 Å². The summed E-state index contributed by atoms with van der Waals surface area (Å²) in [5, 5.41) is 0. The smallest absolute Gasteiger partial charge is 0.0281 e. The van der Waals surface area contributed by atoms with Crippen LogP contribution in [0.1, 0.15) is 24.5 Å². The number of hydrogen-bond acceptors (Lipinski definition) is 1. The highest BCUT2D eigenvalue weighted by Crippen LogP contribution is 2.27. The molecule has 2 aromatic rings. The average molecular weight is 304 g/mol. The van der Waals surface area contributed by atoms with Crippen molar-refractivity contribution in [3.05, 3.63) is 71.8 Å². The number of benzene rings is 2. The number of rotatable bonds is 6. The summed E-state index contributed by atoms with van der Waals surface area (Å²) in [6, 6.07) is 21.6. The maximum absolute atomic E-state index is 2.40. The van der Waals surface area contributed by atoms with Crippen LogP contribution < -0.4 is 0 Å². The third-order valence-electron chi connectivity index (χ3n) is 4.36. The molecule has 0 bridgehead atoms. The summed E-state index contributed by atoms with van der Waals surface area (Å²) in [6.07, 6.45) is 3.32. The lowest BCUT2D eigenvalue weighted by atomic mass is 9.81. The van der Waals surface area contributed by atoms with Gasteiger partial charge in [-0.25, -0.2) is 0 Å². The van der Waals surface area contributed by atoms with Gasteiger partial charge in [-0.05, 0) is 44.5 Å². The third-order valence-corrected chi connectivity index (χ3v) is 4.36. The van der Waals surface area contributed by atoms with Crippen molar-refractivity contribution in [1.29, 1.82) is 0 Å². The summed E-state index contributed by atoms with van der Waals surface area (Å²) in [6.45, 7) is 2.30. The van der Waals surface area contributed by atoms with Crippen molar-refractivity contribution >= 4 is 12.4 Å². The minimum absolute atomic E-state index is 0. The first-order valence-electron chi connectivity index (χ1n) is 7.41. The minimum Gasteiger partial charge on any atom is -0.303 e. The summed E-state index contributed by atoms with van der Waals surface area (Å²) in [7, 11) is 4.41. The minimum atomic E-state index is 0. The molecule has 21 heavy (non-hydrogen) atoms. The van der Waals surface area contributed by atoms with Gasteiger partial charge in [0, 0.05) is 5.54 Å². The zero-order chi connectivity index (χ0) is 14.4. The Morgan fingerprint density at radius 3 is 1.43 bits per heavy atom. The first-order valence-corrected chi connectivity index (χ1v) is 7.41. The first kappa shape index (κ1) is 17.7. The lowest BCUT2D eigenvalue weighted by molar-refractivity contribution is 0.143. The standard InChI is InChI=1S/C19H25N.ClH/c1-4-19(20(2)3,15-17-11-7-5-8-12-17)16-18-13-9-6-10-14-18;/h5-14H,4,15-16H2,1-3H3;1H. The van der Waals surface area contributed by atoms with Gasteiger partial charge in [0.25, 0.3) is 0 Å². The monoisotopic (exact) mass is 303 g/mol. The first-order chi connectivity index (χ1) is 9.66. The third kappa shape index (κ3) is 4.59. The Hall–Kier alpha value is -1.31. The van der Waals surface area contributed by atoms with E-state index in [2.05, 4.69) is 86.6 Å². The van der Waals surface area contributed by atoms with Crippen LogP contribution in [0.25, 0.3) is 0 Å². The van der Waals surface area contributed by atoms with E-state index in [4.69, 9.17) is 0 Å². The van der Waals surface area contributed by atoms with Crippen molar-refractivity contribution in [2.75, 3.05) is 14.1 Å². The van der Waals surface area contributed by atoms with E-state index in [0.29, 0.717) is 0 Å². The van der Waals surface area contributed by atoms with Crippen LogP contribution in [-0.2, 0) is 12.8 Å². The van der Waals surface area contributed by atoms with Crippen molar-refractivity contribution < 1.29 is 0 Å². The maximum atomic E-state index is 2.40. The second-order valence-corrected chi connectivity index (χ2v) is 5.80. The van der Waals surface area contributed by atoms with E-state index < -0.39 is 0 Å². The molecule has 0 fully saturated rings. The predicted octanol–water partition coefficient (Wildman–Crippen LogP) is 4.60. The molecule has 0 unspecified atom stereocenters. The van der Waals surface area contributed by atoms with Crippen LogP contribution in [0.4, 0.5) is 0 Å². The summed E-state index contributed by atoms with van der Waals surface area (Å²) >= 11 is 0. The van der Waals surface area contributed by atoms with Crippen LogP contribution in [0, 0.1) is 0 Å². The molecule has 0 aliphatic carbocycles. The summed E-state index contributed by atoms with van der Waals surface area (Å²) in [5.41, 5.74) is 3.01. The zero-order valence-electron chi connectivity index (χ0n) is 13.3. The molecule has 114 valence electrons. The van der Waals surface area contributed by atoms with E-state index in [-0.39, 0.29) is 17.9 Å². The normalized spacial score (nSPS) is 11.2. The molecule has 0 atom stereocenters. The highest BCUT2D eigenvalue weighted by Gasteiger charge is 2.31. The average Bonchev–Trinajstić information content (AvgIpc) is 2.48. The van der Waals surface area contributed by atoms with E-state index in [9.17, 15) is 0 Å². The molecule has 2 heteroatoms. The highest BCUT2D eigenvalue weighted by atomic mass is 35.5. The molecule has 0 N–H and O–H groups in total. The Morgan fingerprint density at radius 1 is 0.762 bits per heavy atom. The van der Waals surface area contributed by atoms with E-state index >= 15 is 0 Å². The number of hydrogen-bond donors (Lipinski definition) is 0. The van der Waals surface area contributed by atoms with Crippen molar-refractivity contribution in [3.8, 4) is 0 Å². The Kier molecular flexibility index (Phi) is 6.94. The van der Waals surface area contributed by atoms with Gasteiger partial charge in [0.15, 0.2) is 0 Å². The van der Waals surface area contributed by atoms with Crippen molar-refractivity contribution in [1.82, 2.24) is 4.90 Å². The fourth-order valence-corrected chi connectivity index (χ4v) is 2.90. The van der Waals surface area contributed by atoms with E-state index in [1.54, 1.807) is 0 Å². The Bertz CT molecular complexity index is 466. The lowest BCUT2D eigenvalue weighted by Gasteiger charge is -2.40. The fraction of sp³-hybridized carbons (Fsp3) is 0.368. The molecule has 0 spiro atoms. The number of likely N-dealkylation sites (N-methyl/N-ethyl adjacent to an activating group) is 1. The molecule has 0 aliphatic heterocycles. The highest BCUT2D eigenvalue weighted by molar-refractivity contribution is 5.85. The lowest BCUT2D eigenvalue weighted by Crippen LogP contribution is -2.47. The summed E-state index contributed by atoms with van der Waals surface area (Å²) in [5.74, 6) is 0. The quantitative estimate of drug-likeness (QED) is 0.753. The molecule has 0 radical (unpaired) electrons. The maximum Gasteiger partial charge on any atom is 0.0281 e. The van der Waals surface area contributed by atoms with Gasteiger partial charge in [-0.1, -0.05) is 67.6 Å². The molecule has 0 saturated carbocycles. The molecule has 2 aromatic carbocycles. The number of halogens is 1. The van der Waals surface area contributed by atoms with E-state index in [1.165, 1.54) is 11.1 Å². The van der Waals surface area contributed by atoms with E-state index in [1.807, 2.05) is 0 Å². The van der Waals surface area contributed by atoms with E-state index in [0.717, 1.165) is 19.3 Å². The Balaban J connectivity index is 0.00000220. The van der Waals surface area contributed by atoms with Crippen LogP contribution in [0.3, 0.4) is 0 Å². The van der Waals surface area contributed by atoms with Crippen LogP contribution in [-0.4, -0.2) is 24.5 Å². The largest absolute Gasteiger partial charge is 0.303 e. The summed E-state index contributed by atoms with van der Waals surface area (Å²) < 4.78 is 0. The molecule has 0 saturated heterocycles. The van der Waals surface area contributed by atoms with Gasteiger partial charge < -0.3 is 4.90 Å². The topological polar surface area (TPSA) is 3.24 Å². The molecular weight excluding hydrogens is 278 g/mol. The van der Waals surface area contributed by atoms with Crippen LogP contribution >= 0.6 is 12.4 Å². The van der Waals surface area contributed by atoms with Crippen molar-refractivity contribution in [2.24, 2.45) is 0 Å². The summed E-state index contributed by atoms with van der Waals surface area (Å²) in [4.78, 5) is 2.40. The van der Waals surface area contributed by atoms with Gasteiger partial charge >= 0.3 is 0 Å². The van der Waals surface area contributed by atoms with Crippen molar-refractivity contribution in [2.45, 2.75) is 31.7 Å². The molecule has 0 heterocycles. The Morgan fingerprint density at radius 2 is 1.14 bits per heavy atom. The fourth-order valence-electron chi connectivity index (χ4n) is 2.90. The number of nitrogens with zero attached hydrogens (tertiary/aromatic N) is 1. The molecule has 0 aromatic heterocycles. The SMILES string of the molecule is CCC(Cc1ccccc1)(Cc1ccccc1)N(C)C.Cl. The van der Waals surface area contributed by atoms with Gasteiger partial charge in [0.05, 0.1) is 0 Å². The predicted molar refractivity (Wildman–Crippen MR) is 94.2 cm³/mol. The van der Waals surface area contributed by atoms with Gasteiger partial charge in [-0.3, -0.25) is 0 Å². The van der Waals surface area contributed by atoms with Gasteiger partial charge in [0.2, 0.25) is 0 Å². The molecular formula is C19H26ClN. The van der Waals surface area contributed by atoms with Gasteiger partial charge in [0.1, 0.15) is 0 Å². The molecule has 0 amide bonds. The zero-order valence-corrected chi connectivity index (χ0v) is 14.1. The van der Waals surface area contributed by atoms with Crippen LogP contribution in [0.15, 0.2) is 60.7 Å². The molecule has 1 nitrogen and oxygen atoms in total. The molecule has 0 aliphatic rings. The second-order valence-electron chi connectivity index (χ2n) is 5.80. The van der Waals surface area contributed by atoms with Crippen molar-refractivity contribution in [3.63, 3.8) is 0 Å². The second kappa shape index (κ2) is 8.21. The van der Waals surface area contributed by atoms with Gasteiger partial charge in [-0.15, -0.1) is 12.4 Å². The van der Waals surface area contributed by atoms with Crippen LogP contribution in [0.5, 0.6) is 0 Å².